The van der Waals surface area contributed by atoms with Gasteiger partial charge < -0.3 is 0 Å². The van der Waals surface area contributed by atoms with Gasteiger partial charge in [0, 0.05) is 6.42 Å². The van der Waals surface area contributed by atoms with Crippen LogP contribution in [-0.2, 0) is 0 Å². The third-order valence-electron chi connectivity index (χ3n) is 2.33. The molecule has 1 rings (SSSR count). The van der Waals surface area contributed by atoms with E-state index in [1.165, 1.54) is 6.07 Å². The van der Waals surface area contributed by atoms with E-state index < -0.39 is 24.4 Å². The van der Waals surface area contributed by atoms with Crippen LogP contribution in [-0.4, -0.2) is 11.6 Å². The van der Waals surface area contributed by atoms with Gasteiger partial charge in [0.2, 0.25) is 0 Å². The minimum Gasteiger partial charge on any atom is -0.236 e. The molecule has 1 atom stereocenters. The Labute approximate surface area is 69.2 Å². The van der Waals surface area contributed by atoms with Gasteiger partial charge in [0.1, 0.15) is 0 Å². The first-order valence-electron chi connectivity index (χ1n) is 3.95. The molecular formula is C8H10F3N. The number of rotatable bonds is 1. The molecule has 0 bridgehead atoms. The molecule has 1 aliphatic rings. The van der Waals surface area contributed by atoms with Gasteiger partial charge in [0.15, 0.2) is 5.67 Å². The summed E-state index contributed by atoms with van der Waals surface area (Å²) in [6.07, 6.45) is -0.503. The van der Waals surface area contributed by atoms with Crippen molar-refractivity contribution in [2.75, 3.05) is 0 Å². The molecule has 0 aromatic heterocycles. The summed E-state index contributed by atoms with van der Waals surface area (Å²) in [5.41, 5.74) is -2.57. The molecule has 0 aromatic rings. The fourth-order valence-electron chi connectivity index (χ4n) is 1.50. The van der Waals surface area contributed by atoms with Crippen molar-refractivity contribution in [2.45, 2.75) is 43.7 Å². The molecule has 0 aromatic carbocycles. The van der Waals surface area contributed by atoms with Gasteiger partial charge in [0.25, 0.3) is 5.92 Å². The van der Waals surface area contributed by atoms with Crippen LogP contribution in [0.2, 0.25) is 0 Å². The number of alkyl halides is 3. The van der Waals surface area contributed by atoms with Crippen LogP contribution in [0.1, 0.15) is 32.1 Å². The minimum absolute atomic E-state index is 0.187. The lowest BCUT2D eigenvalue weighted by Crippen LogP contribution is -2.46. The van der Waals surface area contributed by atoms with Crippen molar-refractivity contribution in [3.05, 3.63) is 0 Å². The smallest absolute Gasteiger partial charge is 0.236 e. The molecule has 0 amide bonds. The number of halogens is 3. The first-order valence-corrected chi connectivity index (χ1v) is 3.95. The summed E-state index contributed by atoms with van der Waals surface area (Å²) >= 11 is 0. The second kappa shape index (κ2) is 2.96. The van der Waals surface area contributed by atoms with Crippen LogP contribution in [0.15, 0.2) is 0 Å². The van der Waals surface area contributed by atoms with E-state index in [0.717, 1.165) is 0 Å². The van der Waals surface area contributed by atoms with E-state index in [4.69, 9.17) is 5.26 Å². The molecule has 1 aliphatic carbocycles. The van der Waals surface area contributed by atoms with Crippen molar-refractivity contribution in [3.63, 3.8) is 0 Å². The number of hydrogen-bond acceptors (Lipinski definition) is 1. The predicted molar refractivity (Wildman–Crippen MR) is 37.5 cm³/mol. The molecule has 1 nitrogen and oxygen atoms in total. The van der Waals surface area contributed by atoms with E-state index in [1.807, 2.05) is 0 Å². The van der Waals surface area contributed by atoms with Crippen molar-refractivity contribution >= 4 is 0 Å². The molecule has 0 heterocycles. The first kappa shape index (κ1) is 9.37. The molecule has 4 heteroatoms. The van der Waals surface area contributed by atoms with Gasteiger partial charge in [-0.05, 0) is 19.3 Å². The molecule has 0 saturated heterocycles. The summed E-state index contributed by atoms with van der Waals surface area (Å²) in [7, 11) is 0. The maximum atomic E-state index is 13.4. The molecule has 68 valence electrons. The third kappa shape index (κ3) is 1.40. The fourth-order valence-corrected chi connectivity index (χ4v) is 1.50. The Morgan fingerprint density at radius 1 is 1.17 bits per heavy atom. The topological polar surface area (TPSA) is 23.8 Å². The van der Waals surface area contributed by atoms with Crippen molar-refractivity contribution in [3.8, 4) is 6.07 Å². The third-order valence-corrected chi connectivity index (χ3v) is 2.33. The minimum atomic E-state index is -3.30. The van der Waals surface area contributed by atoms with Crippen LogP contribution in [0.4, 0.5) is 13.2 Å². The molecule has 1 fully saturated rings. The monoisotopic (exact) mass is 177 g/mol. The summed E-state index contributed by atoms with van der Waals surface area (Å²) in [6, 6.07) is 1.48. The highest BCUT2D eigenvalue weighted by molar-refractivity contribution is 5.01. The Bertz CT molecular complexity index is 209. The SMILES string of the molecule is N#CCC1(F)CCCCC1(F)F. The van der Waals surface area contributed by atoms with Gasteiger partial charge in [-0.25, -0.2) is 13.2 Å². The van der Waals surface area contributed by atoms with Gasteiger partial charge in [0.05, 0.1) is 12.5 Å². The van der Waals surface area contributed by atoms with Crippen LogP contribution < -0.4 is 0 Å². The standard InChI is InChI=1S/C8H10F3N/c9-7(5-6-12)3-1-2-4-8(7,10)11/h1-5H2. The highest BCUT2D eigenvalue weighted by Gasteiger charge is 2.55. The van der Waals surface area contributed by atoms with Gasteiger partial charge in [-0.1, -0.05) is 0 Å². The zero-order valence-corrected chi connectivity index (χ0v) is 6.62. The molecule has 1 saturated carbocycles. The number of nitrogens with zero attached hydrogens (tertiary/aromatic N) is 1. The quantitative estimate of drug-likeness (QED) is 0.604. The van der Waals surface area contributed by atoms with Gasteiger partial charge in [-0.3, -0.25) is 0 Å². The molecule has 0 radical (unpaired) electrons. The van der Waals surface area contributed by atoms with Gasteiger partial charge >= 0.3 is 0 Å². The maximum Gasteiger partial charge on any atom is 0.282 e. The van der Waals surface area contributed by atoms with Gasteiger partial charge in [-0.2, -0.15) is 5.26 Å². The van der Waals surface area contributed by atoms with Crippen molar-refractivity contribution in [2.24, 2.45) is 0 Å². The van der Waals surface area contributed by atoms with E-state index in [-0.39, 0.29) is 6.42 Å². The average molecular weight is 177 g/mol. The Kier molecular flexibility index (Phi) is 2.31. The summed E-state index contributed by atoms with van der Waals surface area (Å²) in [5, 5.41) is 8.19. The molecule has 0 N–H and O–H groups in total. The second-order valence-electron chi connectivity index (χ2n) is 3.21. The molecular weight excluding hydrogens is 167 g/mol. The lowest BCUT2D eigenvalue weighted by atomic mass is 9.81. The van der Waals surface area contributed by atoms with Crippen LogP contribution in [0.25, 0.3) is 0 Å². The highest BCUT2D eigenvalue weighted by Crippen LogP contribution is 2.46. The number of nitriles is 1. The van der Waals surface area contributed by atoms with Gasteiger partial charge in [-0.15, -0.1) is 0 Å². The molecule has 0 aliphatic heterocycles. The van der Waals surface area contributed by atoms with Crippen LogP contribution in [0, 0.1) is 11.3 Å². The Morgan fingerprint density at radius 2 is 1.75 bits per heavy atom. The van der Waals surface area contributed by atoms with E-state index in [9.17, 15) is 13.2 Å². The van der Waals surface area contributed by atoms with E-state index in [0.29, 0.717) is 12.8 Å². The summed E-state index contributed by atoms with van der Waals surface area (Å²) in [6.45, 7) is 0. The van der Waals surface area contributed by atoms with Crippen LogP contribution >= 0.6 is 0 Å². The van der Waals surface area contributed by atoms with E-state index in [2.05, 4.69) is 0 Å². The average Bonchev–Trinajstić information content (AvgIpc) is 1.96. The van der Waals surface area contributed by atoms with E-state index in [1.54, 1.807) is 0 Å². The lowest BCUT2D eigenvalue weighted by molar-refractivity contribution is -0.159. The molecule has 1 unspecified atom stereocenters. The molecule has 12 heavy (non-hydrogen) atoms. The van der Waals surface area contributed by atoms with Crippen LogP contribution in [0.5, 0.6) is 0 Å². The normalized spacial score (nSPS) is 34.2. The maximum absolute atomic E-state index is 13.4. The van der Waals surface area contributed by atoms with Crippen molar-refractivity contribution in [1.29, 1.82) is 5.26 Å². The zero-order chi connectivity index (χ0) is 9.24. The zero-order valence-electron chi connectivity index (χ0n) is 6.62. The fraction of sp³-hybridized carbons (Fsp3) is 0.875. The molecule has 0 spiro atoms. The first-order chi connectivity index (χ1) is 5.52. The Hall–Kier alpha value is -0.720. The largest absolute Gasteiger partial charge is 0.282 e. The summed E-state index contributed by atoms with van der Waals surface area (Å²) < 4.78 is 39.2. The number of hydrogen-bond donors (Lipinski definition) is 0. The van der Waals surface area contributed by atoms with Crippen molar-refractivity contribution in [1.82, 2.24) is 0 Å². The highest BCUT2D eigenvalue weighted by atomic mass is 19.3. The lowest BCUT2D eigenvalue weighted by Gasteiger charge is -2.35. The Morgan fingerprint density at radius 3 is 2.25 bits per heavy atom. The van der Waals surface area contributed by atoms with Crippen LogP contribution in [0.3, 0.4) is 0 Å². The Balaban J connectivity index is 2.78. The summed E-state index contributed by atoms with van der Waals surface area (Å²) in [4.78, 5) is 0. The van der Waals surface area contributed by atoms with E-state index >= 15 is 0 Å². The van der Waals surface area contributed by atoms with Crippen molar-refractivity contribution < 1.29 is 13.2 Å². The second-order valence-corrected chi connectivity index (χ2v) is 3.21. The summed E-state index contributed by atoms with van der Waals surface area (Å²) in [5.74, 6) is -3.30. The predicted octanol–water partition coefficient (Wildman–Crippen LogP) is 2.82.